The van der Waals surface area contributed by atoms with Crippen LogP contribution in [0.1, 0.15) is 51.6 Å². The van der Waals surface area contributed by atoms with Crippen molar-refractivity contribution in [1.82, 2.24) is 10.3 Å². The summed E-state index contributed by atoms with van der Waals surface area (Å²) in [5.74, 6) is -0.464. The summed E-state index contributed by atoms with van der Waals surface area (Å²) in [6.45, 7) is 1.67. The Labute approximate surface area is 197 Å². The van der Waals surface area contributed by atoms with E-state index >= 15 is 0 Å². The van der Waals surface area contributed by atoms with Gasteiger partial charge in [0.1, 0.15) is 5.82 Å². The molecule has 1 amide bonds. The van der Waals surface area contributed by atoms with E-state index in [2.05, 4.69) is 26.2 Å². The van der Waals surface area contributed by atoms with Crippen molar-refractivity contribution in [3.8, 4) is 11.1 Å². The van der Waals surface area contributed by atoms with Gasteiger partial charge in [0.2, 0.25) is 0 Å². The number of hydrogen-bond acceptors (Lipinski definition) is 2. The first-order chi connectivity index (χ1) is 15.7. The molecule has 0 radical (unpaired) electrons. The van der Waals surface area contributed by atoms with Crippen molar-refractivity contribution < 1.29 is 22.4 Å². The molecule has 1 saturated carbocycles. The maximum atomic E-state index is 13.7. The van der Waals surface area contributed by atoms with Crippen LogP contribution in [0.15, 0.2) is 54.7 Å². The fraction of sp³-hybridized carbons (Fsp3) is 0.280. The average Bonchev–Trinajstić information content (AvgIpc) is 3.63. The van der Waals surface area contributed by atoms with E-state index in [9.17, 15) is 22.4 Å². The molecule has 1 heterocycles. The van der Waals surface area contributed by atoms with Gasteiger partial charge < -0.3 is 5.32 Å². The first kappa shape index (κ1) is 23.4. The zero-order valence-electron chi connectivity index (χ0n) is 17.7. The van der Waals surface area contributed by atoms with Crippen molar-refractivity contribution in [2.45, 2.75) is 37.3 Å². The minimum Gasteiger partial charge on any atom is -0.345 e. The second-order valence-corrected chi connectivity index (χ2v) is 8.81. The van der Waals surface area contributed by atoms with E-state index in [-0.39, 0.29) is 34.5 Å². The summed E-state index contributed by atoms with van der Waals surface area (Å²) in [6.07, 6.45) is -1.64. The van der Waals surface area contributed by atoms with Crippen LogP contribution in [0.4, 0.5) is 17.6 Å². The van der Waals surface area contributed by atoms with Crippen LogP contribution >= 0.6 is 15.9 Å². The molecule has 1 atom stereocenters. The molecule has 0 bridgehead atoms. The van der Waals surface area contributed by atoms with E-state index in [0.717, 1.165) is 24.6 Å². The smallest absolute Gasteiger partial charge is 0.345 e. The predicted molar refractivity (Wildman–Crippen MR) is 121 cm³/mol. The van der Waals surface area contributed by atoms with Crippen LogP contribution in [0.5, 0.6) is 0 Å². The number of pyridine rings is 1. The van der Waals surface area contributed by atoms with Gasteiger partial charge in [0.25, 0.3) is 5.91 Å². The van der Waals surface area contributed by atoms with Gasteiger partial charge in [-0.1, -0.05) is 40.2 Å². The Morgan fingerprint density at radius 2 is 1.94 bits per heavy atom. The summed E-state index contributed by atoms with van der Waals surface area (Å²) in [6, 6.07) is 12.0. The Morgan fingerprint density at radius 1 is 1.18 bits per heavy atom. The molecule has 1 aliphatic carbocycles. The summed E-state index contributed by atoms with van der Waals surface area (Å²) in [4.78, 5) is 16.7. The van der Waals surface area contributed by atoms with Crippen LogP contribution in [0.25, 0.3) is 11.1 Å². The Hall–Kier alpha value is -2.74. The number of aryl methyl sites for hydroxylation is 1. The number of carbonyl (C=O) groups excluding carboxylic acids is 1. The van der Waals surface area contributed by atoms with Gasteiger partial charge in [-0.3, -0.25) is 9.78 Å². The SMILES string of the molecule is Cc1cc([C@@H](NC(=O)c2cc(CBr)cc(-c3cccnc3C(F)(F)F)c2)C2CC2)ccc1F. The summed E-state index contributed by atoms with van der Waals surface area (Å²) >= 11 is 3.34. The maximum absolute atomic E-state index is 13.7. The van der Waals surface area contributed by atoms with Gasteiger partial charge in [0.05, 0.1) is 6.04 Å². The van der Waals surface area contributed by atoms with E-state index in [1.54, 1.807) is 31.2 Å². The summed E-state index contributed by atoms with van der Waals surface area (Å²) < 4.78 is 54.3. The topological polar surface area (TPSA) is 42.0 Å². The monoisotopic (exact) mass is 520 g/mol. The summed E-state index contributed by atoms with van der Waals surface area (Å²) in [7, 11) is 0. The number of benzene rings is 2. The quantitative estimate of drug-likeness (QED) is 0.281. The average molecular weight is 521 g/mol. The van der Waals surface area contributed by atoms with Gasteiger partial charge in [-0.15, -0.1) is 0 Å². The van der Waals surface area contributed by atoms with E-state index in [1.165, 1.54) is 24.3 Å². The normalized spacial score (nSPS) is 14.7. The highest BCUT2D eigenvalue weighted by atomic mass is 79.9. The lowest BCUT2D eigenvalue weighted by Crippen LogP contribution is -2.30. The van der Waals surface area contributed by atoms with Crippen molar-refractivity contribution in [3.05, 3.63) is 88.5 Å². The fourth-order valence-electron chi connectivity index (χ4n) is 3.91. The number of hydrogen-bond donors (Lipinski definition) is 1. The van der Waals surface area contributed by atoms with E-state index in [4.69, 9.17) is 0 Å². The van der Waals surface area contributed by atoms with Crippen LogP contribution in [0, 0.1) is 18.7 Å². The molecule has 172 valence electrons. The molecular formula is C25H21BrF4N2O. The number of amides is 1. The molecule has 1 N–H and O–H groups in total. The molecule has 1 fully saturated rings. The highest BCUT2D eigenvalue weighted by Crippen LogP contribution is 2.42. The molecular weight excluding hydrogens is 500 g/mol. The Bertz CT molecular complexity index is 1190. The zero-order valence-corrected chi connectivity index (χ0v) is 19.3. The number of halogens is 5. The lowest BCUT2D eigenvalue weighted by Gasteiger charge is -2.20. The van der Waals surface area contributed by atoms with Crippen molar-refractivity contribution in [3.63, 3.8) is 0 Å². The minimum atomic E-state index is -4.62. The molecule has 3 aromatic rings. The lowest BCUT2D eigenvalue weighted by molar-refractivity contribution is -0.140. The number of nitrogens with zero attached hydrogens (tertiary/aromatic N) is 1. The third-order valence-electron chi connectivity index (χ3n) is 5.72. The third-order valence-corrected chi connectivity index (χ3v) is 6.37. The van der Waals surface area contributed by atoms with Crippen molar-refractivity contribution >= 4 is 21.8 Å². The molecule has 0 unspecified atom stereocenters. The third kappa shape index (κ3) is 5.27. The molecule has 2 aromatic carbocycles. The summed E-state index contributed by atoms with van der Waals surface area (Å²) in [5.41, 5.74) is 1.40. The number of nitrogens with one attached hydrogen (secondary N) is 1. The van der Waals surface area contributed by atoms with Gasteiger partial charge >= 0.3 is 6.18 Å². The Kier molecular flexibility index (Phi) is 6.56. The van der Waals surface area contributed by atoms with E-state index in [0.29, 0.717) is 16.5 Å². The van der Waals surface area contributed by atoms with E-state index in [1.807, 2.05) is 0 Å². The molecule has 8 heteroatoms. The maximum Gasteiger partial charge on any atom is 0.433 e. The lowest BCUT2D eigenvalue weighted by atomic mass is 9.97. The van der Waals surface area contributed by atoms with Crippen molar-refractivity contribution in [2.24, 2.45) is 5.92 Å². The molecule has 0 spiro atoms. The minimum absolute atomic E-state index is 0.0882. The Balaban J connectivity index is 1.69. The van der Waals surface area contributed by atoms with Crippen LogP contribution in [-0.4, -0.2) is 10.9 Å². The van der Waals surface area contributed by atoms with Gasteiger partial charge in [-0.05, 0) is 72.2 Å². The zero-order chi connectivity index (χ0) is 23.8. The molecule has 4 rings (SSSR count). The number of alkyl halides is 4. The fourth-order valence-corrected chi connectivity index (χ4v) is 4.23. The number of rotatable bonds is 6. The van der Waals surface area contributed by atoms with Crippen LogP contribution < -0.4 is 5.32 Å². The van der Waals surface area contributed by atoms with Gasteiger partial charge in [-0.25, -0.2) is 4.39 Å². The Morgan fingerprint density at radius 3 is 2.58 bits per heavy atom. The second-order valence-electron chi connectivity index (χ2n) is 8.25. The second kappa shape index (κ2) is 9.25. The first-order valence-corrected chi connectivity index (χ1v) is 11.6. The molecule has 1 aliphatic rings. The molecule has 0 saturated heterocycles. The highest BCUT2D eigenvalue weighted by molar-refractivity contribution is 9.08. The molecule has 3 nitrogen and oxygen atoms in total. The van der Waals surface area contributed by atoms with Crippen LogP contribution in [0.3, 0.4) is 0 Å². The first-order valence-electron chi connectivity index (χ1n) is 10.5. The predicted octanol–water partition coefficient (Wildman–Crippen LogP) is 6.99. The highest BCUT2D eigenvalue weighted by Gasteiger charge is 2.36. The van der Waals surface area contributed by atoms with Gasteiger partial charge in [0, 0.05) is 22.7 Å². The van der Waals surface area contributed by atoms with Crippen LogP contribution in [0.2, 0.25) is 0 Å². The van der Waals surface area contributed by atoms with E-state index < -0.39 is 17.8 Å². The van der Waals surface area contributed by atoms with Gasteiger partial charge in [0.15, 0.2) is 5.69 Å². The molecule has 33 heavy (non-hydrogen) atoms. The largest absolute Gasteiger partial charge is 0.433 e. The van der Waals surface area contributed by atoms with Gasteiger partial charge in [-0.2, -0.15) is 13.2 Å². The molecule has 1 aromatic heterocycles. The van der Waals surface area contributed by atoms with Crippen LogP contribution in [-0.2, 0) is 11.5 Å². The van der Waals surface area contributed by atoms with Crippen molar-refractivity contribution in [1.29, 1.82) is 0 Å². The number of aromatic nitrogens is 1. The standard InChI is InChI=1S/C25H21BrF4N2O/c1-14-9-17(6-7-21(14)27)22(16-4-5-16)32-24(33)19-11-15(13-26)10-18(12-19)20-3-2-8-31-23(20)25(28,29)30/h2-3,6-12,16,22H,4-5,13H2,1H3,(H,32,33)/t22-/m0/s1. The summed E-state index contributed by atoms with van der Waals surface area (Å²) in [5, 5.41) is 3.39. The number of carbonyl (C=O) groups is 1. The molecule has 0 aliphatic heterocycles. The van der Waals surface area contributed by atoms with Crippen molar-refractivity contribution in [2.75, 3.05) is 0 Å².